The lowest BCUT2D eigenvalue weighted by Gasteiger charge is -2.30. The second-order valence-electron chi connectivity index (χ2n) is 6.94. The maximum Gasteiger partial charge on any atom is 0.257 e. The van der Waals surface area contributed by atoms with Crippen LogP contribution in [0.2, 0.25) is 0 Å². The van der Waals surface area contributed by atoms with Gasteiger partial charge in [0.2, 0.25) is 0 Å². The summed E-state index contributed by atoms with van der Waals surface area (Å²) in [5.74, 6) is 0.519. The lowest BCUT2D eigenvalue weighted by molar-refractivity contribution is 0.102. The molecule has 0 radical (unpaired) electrons. The molecule has 0 bridgehead atoms. The Balaban J connectivity index is 1.46. The number of hydrogen-bond donors (Lipinski definition) is 2. The quantitative estimate of drug-likeness (QED) is 0.685. The van der Waals surface area contributed by atoms with Gasteiger partial charge in [0.25, 0.3) is 5.91 Å². The van der Waals surface area contributed by atoms with E-state index in [1.807, 2.05) is 55.5 Å². The van der Waals surface area contributed by atoms with E-state index in [2.05, 4.69) is 26.6 Å². The molecule has 1 fully saturated rings. The van der Waals surface area contributed by atoms with Crippen molar-refractivity contribution in [2.24, 2.45) is 0 Å². The lowest BCUT2D eigenvalue weighted by Crippen LogP contribution is -2.36. The normalized spacial score (nSPS) is 13.8. The van der Waals surface area contributed by atoms with Gasteiger partial charge in [-0.3, -0.25) is 4.79 Å². The molecule has 0 spiro atoms. The van der Waals surface area contributed by atoms with Crippen LogP contribution in [0.25, 0.3) is 0 Å². The zero-order valence-corrected chi connectivity index (χ0v) is 16.4. The SMILES string of the molecule is Cc1ccccc1NC(=O)c1ccc(Nc2ccccc2N2CCOCC2)nc1. The van der Waals surface area contributed by atoms with Gasteiger partial charge >= 0.3 is 0 Å². The van der Waals surface area contributed by atoms with Crippen LogP contribution in [0.5, 0.6) is 0 Å². The minimum atomic E-state index is -0.174. The summed E-state index contributed by atoms with van der Waals surface area (Å²) in [6, 6.07) is 19.5. The number of aryl methyl sites for hydroxylation is 1. The molecule has 1 aliphatic rings. The summed E-state index contributed by atoms with van der Waals surface area (Å²) in [6.45, 7) is 5.16. The number of morpholine rings is 1. The number of pyridine rings is 1. The summed E-state index contributed by atoms with van der Waals surface area (Å²) in [7, 11) is 0. The topological polar surface area (TPSA) is 66.5 Å². The van der Waals surface area contributed by atoms with Crippen molar-refractivity contribution in [1.82, 2.24) is 4.98 Å². The number of benzene rings is 2. The van der Waals surface area contributed by atoms with Crippen LogP contribution in [-0.4, -0.2) is 37.2 Å². The molecule has 4 rings (SSSR count). The number of aromatic nitrogens is 1. The minimum Gasteiger partial charge on any atom is -0.378 e. The number of para-hydroxylation sites is 3. The van der Waals surface area contributed by atoms with Gasteiger partial charge in [-0.2, -0.15) is 0 Å². The highest BCUT2D eigenvalue weighted by molar-refractivity contribution is 6.04. The van der Waals surface area contributed by atoms with E-state index in [0.717, 1.165) is 48.9 Å². The zero-order chi connectivity index (χ0) is 20.1. The Kier molecular flexibility index (Phi) is 5.72. The molecule has 2 aromatic carbocycles. The Morgan fingerprint density at radius 3 is 2.41 bits per heavy atom. The fourth-order valence-electron chi connectivity index (χ4n) is 3.31. The highest BCUT2D eigenvalue weighted by Crippen LogP contribution is 2.28. The fraction of sp³-hybridized carbons (Fsp3) is 0.217. The van der Waals surface area contributed by atoms with E-state index >= 15 is 0 Å². The average Bonchev–Trinajstić information content (AvgIpc) is 2.77. The van der Waals surface area contributed by atoms with Crippen LogP contribution in [0.4, 0.5) is 22.9 Å². The molecule has 3 aromatic rings. The first-order valence-corrected chi connectivity index (χ1v) is 9.72. The van der Waals surface area contributed by atoms with Crippen molar-refractivity contribution in [3.8, 4) is 0 Å². The molecule has 2 heterocycles. The average molecular weight is 388 g/mol. The molecule has 1 aromatic heterocycles. The maximum absolute atomic E-state index is 12.5. The minimum absolute atomic E-state index is 0.174. The number of carbonyl (C=O) groups excluding carboxylic acids is 1. The van der Waals surface area contributed by atoms with Crippen molar-refractivity contribution in [3.05, 3.63) is 78.0 Å². The highest BCUT2D eigenvalue weighted by Gasteiger charge is 2.15. The van der Waals surface area contributed by atoms with Crippen molar-refractivity contribution in [2.45, 2.75) is 6.92 Å². The van der Waals surface area contributed by atoms with Crippen LogP contribution in [0.3, 0.4) is 0 Å². The third kappa shape index (κ3) is 4.55. The number of carbonyl (C=O) groups is 1. The molecular formula is C23H24N4O2. The van der Waals surface area contributed by atoms with E-state index in [0.29, 0.717) is 11.4 Å². The summed E-state index contributed by atoms with van der Waals surface area (Å²) >= 11 is 0. The molecule has 6 nitrogen and oxygen atoms in total. The zero-order valence-electron chi connectivity index (χ0n) is 16.4. The third-order valence-electron chi connectivity index (χ3n) is 4.94. The van der Waals surface area contributed by atoms with Crippen molar-refractivity contribution >= 4 is 28.8 Å². The molecule has 0 saturated carbocycles. The Hall–Kier alpha value is -3.38. The number of hydrogen-bond acceptors (Lipinski definition) is 5. The number of amides is 1. The number of ether oxygens (including phenoxy) is 1. The molecule has 2 N–H and O–H groups in total. The molecule has 0 aliphatic carbocycles. The predicted octanol–water partition coefficient (Wildman–Crippen LogP) is 4.22. The Morgan fingerprint density at radius 2 is 1.69 bits per heavy atom. The van der Waals surface area contributed by atoms with E-state index < -0.39 is 0 Å². The Morgan fingerprint density at radius 1 is 0.966 bits per heavy atom. The summed E-state index contributed by atoms with van der Waals surface area (Å²) in [5, 5.41) is 6.30. The van der Waals surface area contributed by atoms with Crippen LogP contribution < -0.4 is 15.5 Å². The number of nitrogens with zero attached hydrogens (tertiary/aromatic N) is 2. The van der Waals surface area contributed by atoms with Gasteiger partial charge < -0.3 is 20.3 Å². The Labute approximate surface area is 170 Å². The van der Waals surface area contributed by atoms with E-state index in [-0.39, 0.29) is 5.91 Å². The highest BCUT2D eigenvalue weighted by atomic mass is 16.5. The van der Waals surface area contributed by atoms with E-state index in [4.69, 9.17) is 4.74 Å². The molecule has 0 unspecified atom stereocenters. The molecule has 148 valence electrons. The van der Waals surface area contributed by atoms with Crippen molar-refractivity contribution in [1.29, 1.82) is 0 Å². The van der Waals surface area contributed by atoms with Crippen molar-refractivity contribution < 1.29 is 9.53 Å². The molecule has 1 amide bonds. The van der Waals surface area contributed by atoms with Gasteiger partial charge in [-0.1, -0.05) is 30.3 Å². The summed E-state index contributed by atoms with van der Waals surface area (Å²) < 4.78 is 5.45. The molecule has 29 heavy (non-hydrogen) atoms. The van der Waals surface area contributed by atoms with Gasteiger partial charge in [0.15, 0.2) is 0 Å². The number of rotatable bonds is 5. The fourth-order valence-corrected chi connectivity index (χ4v) is 3.31. The smallest absolute Gasteiger partial charge is 0.257 e. The van der Waals surface area contributed by atoms with E-state index in [1.165, 1.54) is 0 Å². The molecule has 6 heteroatoms. The molecule has 1 aliphatic heterocycles. The summed E-state index contributed by atoms with van der Waals surface area (Å²) in [5.41, 5.74) is 4.45. The van der Waals surface area contributed by atoms with Gasteiger partial charge in [-0.25, -0.2) is 4.98 Å². The van der Waals surface area contributed by atoms with Crippen LogP contribution >= 0.6 is 0 Å². The van der Waals surface area contributed by atoms with Crippen molar-refractivity contribution in [3.63, 3.8) is 0 Å². The van der Waals surface area contributed by atoms with Gasteiger partial charge in [0, 0.05) is 25.0 Å². The summed E-state index contributed by atoms with van der Waals surface area (Å²) in [4.78, 5) is 19.2. The molecule has 1 saturated heterocycles. The largest absolute Gasteiger partial charge is 0.378 e. The molecule has 0 atom stereocenters. The first kappa shape index (κ1) is 19.0. The standard InChI is InChI=1S/C23H24N4O2/c1-17-6-2-3-7-19(17)26-23(28)18-10-11-22(24-16-18)25-20-8-4-5-9-21(20)27-12-14-29-15-13-27/h2-11,16H,12-15H2,1H3,(H,24,25)(H,26,28). The van der Waals surface area contributed by atoms with Gasteiger partial charge in [-0.05, 0) is 42.8 Å². The van der Waals surface area contributed by atoms with Gasteiger partial charge in [0.05, 0.1) is 30.2 Å². The number of nitrogens with one attached hydrogen (secondary N) is 2. The van der Waals surface area contributed by atoms with Crippen LogP contribution in [0.15, 0.2) is 66.9 Å². The van der Waals surface area contributed by atoms with Crippen LogP contribution in [0.1, 0.15) is 15.9 Å². The number of anilines is 4. The second-order valence-corrected chi connectivity index (χ2v) is 6.94. The van der Waals surface area contributed by atoms with E-state index in [1.54, 1.807) is 12.3 Å². The third-order valence-corrected chi connectivity index (χ3v) is 4.94. The first-order chi connectivity index (χ1) is 14.2. The first-order valence-electron chi connectivity index (χ1n) is 9.72. The van der Waals surface area contributed by atoms with Gasteiger partial charge in [0.1, 0.15) is 5.82 Å². The second kappa shape index (κ2) is 8.75. The van der Waals surface area contributed by atoms with Crippen LogP contribution in [0, 0.1) is 6.92 Å². The van der Waals surface area contributed by atoms with Crippen LogP contribution in [-0.2, 0) is 4.74 Å². The van der Waals surface area contributed by atoms with Gasteiger partial charge in [-0.15, -0.1) is 0 Å². The lowest BCUT2D eigenvalue weighted by atomic mass is 10.2. The molecular weight excluding hydrogens is 364 g/mol. The Bertz CT molecular complexity index is 982. The maximum atomic E-state index is 12.5. The monoisotopic (exact) mass is 388 g/mol. The summed E-state index contributed by atoms with van der Waals surface area (Å²) in [6.07, 6.45) is 1.59. The van der Waals surface area contributed by atoms with E-state index in [9.17, 15) is 4.79 Å². The van der Waals surface area contributed by atoms with Crippen molar-refractivity contribution in [2.75, 3.05) is 41.8 Å². The predicted molar refractivity (Wildman–Crippen MR) is 116 cm³/mol.